The van der Waals surface area contributed by atoms with Crippen molar-refractivity contribution in [3.05, 3.63) is 69.5 Å². The van der Waals surface area contributed by atoms with Crippen LogP contribution in [0, 0.1) is 27.6 Å². The minimum absolute atomic E-state index is 0.456. The number of hydrogen-bond donors (Lipinski definition) is 1. The zero-order valence-corrected chi connectivity index (χ0v) is 12.3. The lowest BCUT2D eigenvalue weighted by molar-refractivity contribution is -0.384. The predicted molar refractivity (Wildman–Crippen MR) is 78.3 cm³/mol. The lowest BCUT2D eigenvalue weighted by atomic mass is 10.2. The van der Waals surface area contributed by atoms with E-state index >= 15 is 0 Å². The maximum absolute atomic E-state index is 13.5. The van der Waals surface area contributed by atoms with Gasteiger partial charge in [-0.1, -0.05) is 0 Å². The van der Waals surface area contributed by atoms with Gasteiger partial charge >= 0.3 is 5.97 Å². The van der Waals surface area contributed by atoms with Gasteiger partial charge in [0.05, 0.1) is 16.2 Å². The number of halogens is 3. The van der Waals surface area contributed by atoms with Crippen LogP contribution in [-0.2, 0) is 9.53 Å². The molecule has 0 aliphatic carbocycles. The van der Waals surface area contributed by atoms with E-state index < -0.39 is 57.8 Å². The highest BCUT2D eigenvalue weighted by Gasteiger charge is 2.17. The Balaban J connectivity index is 2.00. The van der Waals surface area contributed by atoms with E-state index in [1.54, 1.807) is 0 Å². The van der Waals surface area contributed by atoms with Gasteiger partial charge in [-0.05, 0) is 18.2 Å². The molecule has 0 aliphatic rings. The monoisotopic (exact) mass is 354 g/mol. The minimum atomic E-state index is -1.23. The number of benzene rings is 2. The molecular weight excluding hydrogens is 345 g/mol. The normalized spacial score (nSPS) is 10.2. The van der Waals surface area contributed by atoms with Gasteiger partial charge in [0.25, 0.3) is 11.6 Å². The molecule has 0 saturated carbocycles. The molecule has 0 saturated heterocycles. The van der Waals surface area contributed by atoms with Crippen molar-refractivity contribution in [1.29, 1.82) is 0 Å². The summed E-state index contributed by atoms with van der Waals surface area (Å²) in [5.41, 5.74) is -1.53. The molecule has 0 spiro atoms. The number of ether oxygens (including phenoxy) is 1. The first-order chi connectivity index (χ1) is 11.8. The Bertz CT molecular complexity index is 857. The number of carbonyl (C=O) groups is 2. The smallest absolute Gasteiger partial charge is 0.341 e. The maximum atomic E-state index is 13.5. The predicted octanol–water partition coefficient (Wildman–Crippen LogP) is 2.81. The molecule has 1 amide bonds. The number of hydrogen-bond acceptors (Lipinski definition) is 5. The number of non-ortho nitro benzene ring substituents is 1. The van der Waals surface area contributed by atoms with E-state index in [0.29, 0.717) is 6.07 Å². The highest BCUT2D eigenvalue weighted by Crippen LogP contribution is 2.21. The Labute approximate surface area is 138 Å². The van der Waals surface area contributed by atoms with Gasteiger partial charge < -0.3 is 10.1 Å². The summed E-state index contributed by atoms with van der Waals surface area (Å²) in [6.45, 7) is -0.905. The van der Waals surface area contributed by atoms with Crippen molar-refractivity contribution in [2.45, 2.75) is 0 Å². The molecule has 0 aromatic heterocycles. The Kier molecular flexibility index (Phi) is 5.32. The lowest BCUT2D eigenvalue weighted by Crippen LogP contribution is -2.22. The highest BCUT2D eigenvalue weighted by atomic mass is 19.1. The maximum Gasteiger partial charge on any atom is 0.341 e. The van der Waals surface area contributed by atoms with Crippen molar-refractivity contribution in [1.82, 2.24) is 0 Å². The standard InChI is InChI=1S/C15H9F3N2O5/c16-8-1-3-10(12(18)5-8)15(22)25-7-14(21)19-13-6-9(20(23)24)2-4-11(13)17/h1-6H,7H2,(H,19,21). The number of nitrogens with one attached hydrogen (secondary N) is 1. The molecule has 0 bridgehead atoms. The first-order valence-corrected chi connectivity index (χ1v) is 6.64. The highest BCUT2D eigenvalue weighted by molar-refractivity contribution is 5.95. The molecule has 0 heterocycles. The SMILES string of the molecule is O=C(COC(=O)c1ccc(F)cc1F)Nc1cc([N+](=O)[O-])ccc1F. The number of nitro benzene ring substituents is 1. The summed E-state index contributed by atoms with van der Waals surface area (Å²) < 4.78 is 44.2. The third-order valence-electron chi connectivity index (χ3n) is 2.92. The Hall–Kier alpha value is -3.43. The van der Waals surface area contributed by atoms with Gasteiger partial charge in [-0.15, -0.1) is 0 Å². The molecule has 0 radical (unpaired) electrons. The topological polar surface area (TPSA) is 98.5 Å². The summed E-state index contributed by atoms with van der Waals surface area (Å²) in [6.07, 6.45) is 0. The number of amides is 1. The molecule has 2 aromatic rings. The second kappa shape index (κ2) is 7.43. The number of nitro groups is 1. The number of anilines is 1. The van der Waals surface area contributed by atoms with Crippen molar-refractivity contribution < 1.29 is 32.4 Å². The summed E-state index contributed by atoms with van der Waals surface area (Å²) in [5, 5.41) is 12.6. The summed E-state index contributed by atoms with van der Waals surface area (Å²) in [6, 6.07) is 4.61. The fourth-order valence-corrected chi connectivity index (χ4v) is 1.77. The molecule has 2 rings (SSSR count). The summed E-state index contributed by atoms with van der Waals surface area (Å²) in [7, 11) is 0. The molecule has 7 nitrogen and oxygen atoms in total. The average molecular weight is 354 g/mol. The van der Waals surface area contributed by atoms with Crippen molar-refractivity contribution in [3.63, 3.8) is 0 Å². The fraction of sp³-hybridized carbons (Fsp3) is 0.0667. The van der Waals surface area contributed by atoms with E-state index in [1.165, 1.54) is 0 Å². The van der Waals surface area contributed by atoms with E-state index in [0.717, 1.165) is 30.3 Å². The lowest BCUT2D eigenvalue weighted by Gasteiger charge is -2.08. The molecule has 130 valence electrons. The Morgan fingerprint density at radius 2 is 1.80 bits per heavy atom. The molecule has 0 fully saturated rings. The van der Waals surface area contributed by atoms with Gasteiger partial charge in [0.15, 0.2) is 6.61 Å². The van der Waals surface area contributed by atoms with Gasteiger partial charge in [0.2, 0.25) is 0 Å². The molecule has 0 unspecified atom stereocenters. The van der Waals surface area contributed by atoms with Crippen LogP contribution in [0.2, 0.25) is 0 Å². The number of esters is 1. The quantitative estimate of drug-likeness (QED) is 0.506. The van der Waals surface area contributed by atoms with Crippen LogP contribution in [0.1, 0.15) is 10.4 Å². The first kappa shape index (κ1) is 17.9. The van der Waals surface area contributed by atoms with Crippen molar-refractivity contribution in [2.75, 3.05) is 11.9 Å². The van der Waals surface area contributed by atoms with Crippen molar-refractivity contribution >= 4 is 23.3 Å². The van der Waals surface area contributed by atoms with Crippen LogP contribution in [0.15, 0.2) is 36.4 Å². The fourth-order valence-electron chi connectivity index (χ4n) is 1.77. The molecular formula is C15H9F3N2O5. The van der Waals surface area contributed by atoms with Gasteiger partial charge in [-0.3, -0.25) is 14.9 Å². The van der Waals surface area contributed by atoms with E-state index in [1.807, 2.05) is 5.32 Å². The van der Waals surface area contributed by atoms with Crippen LogP contribution in [0.3, 0.4) is 0 Å². The summed E-state index contributed by atoms with van der Waals surface area (Å²) in [5.74, 6) is -5.24. The molecule has 1 N–H and O–H groups in total. The van der Waals surface area contributed by atoms with E-state index in [2.05, 4.69) is 4.74 Å². The molecule has 10 heteroatoms. The number of carbonyl (C=O) groups excluding carboxylic acids is 2. The van der Waals surface area contributed by atoms with Gasteiger partial charge in [0, 0.05) is 18.2 Å². The molecule has 25 heavy (non-hydrogen) atoms. The number of nitrogens with zero attached hydrogens (tertiary/aromatic N) is 1. The van der Waals surface area contributed by atoms with Crippen LogP contribution in [0.5, 0.6) is 0 Å². The molecule has 0 aliphatic heterocycles. The van der Waals surface area contributed by atoms with Crippen LogP contribution >= 0.6 is 0 Å². The van der Waals surface area contributed by atoms with Crippen molar-refractivity contribution in [2.24, 2.45) is 0 Å². The van der Waals surface area contributed by atoms with E-state index in [4.69, 9.17) is 0 Å². The summed E-state index contributed by atoms with van der Waals surface area (Å²) >= 11 is 0. The van der Waals surface area contributed by atoms with Gasteiger partial charge in [0.1, 0.15) is 17.5 Å². The Morgan fingerprint density at radius 3 is 2.44 bits per heavy atom. The zero-order valence-electron chi connectivity index (χ0n) is 12.3. The minimum Gasteiger partial charge on any atom is -0.452 e. The third-order valence-corrected chi connectivity index (χ3v) is 2.92. The van der Waals surface area contributed by atoms with E-state index in [9.17, 15) is 32.9 Å². The Morgan fingerprint density at radius 1 is 1.08 bits per heavy atom. The molecule has 2 aromatic carbocycles. The van der Waals surface area contributed by atoms with Crippen molar-refractivity contribution in [3.8, 4) is 0 Å². The average Bonchev–Trinajstić information content (AvgIpc) is 2.54. The second-order valence-electron chi connectivity index (χ2n) is 4.67. The van der Waals surface area contributed by atoms with Crippen LogP contribution < -0.4 is 5.32 Å². The second-order valence-corrected chi connectivity index (χ2v) is 4.67. The van der Waals surface area contributed by atoms with Crippen LogP contribution in [0.4, 0.5) is 24.5 Å². The van der Waals surface area contributed by atoms with E-state index in [-0.39, 0.29) is 0 Å². The third kappa shape index (κ3) is 4.53. The van der Waals surface area contributed by atoms with Crippen LogP contribution in [0.25, 0.3) is 0 Å². The van der Waals surface area contributed by atoms with Gasteiger partial charge in [-0.25, -0.2) is 18.0 Å². The van der Waals surface area contributed by atoms with Gasteiger partial charge in [-0.2, -0.15) is 0 Å². The largest absolute Gasteiger partial charge is 0.452 e. The summed E-state index contributed by atoms with van der Waals surface area (Å²) in [4.78, 5) is 33.1. The van der Waals surface area contributed by atoms with Crippen LogP contribution in [-0.4, -0.2) is 23.4 Å². The molecule has 0 atom stereocenters. The number of rotatable bonds is 5. The first-order valence-electron chi connectivity index (χ1n) is 6.64. The zero-order chi connectivity index (χ0) is 18.6.